The summed E-state index contributed by atoms with van der Waals surface area (Å²) < 4.78 is 46.1. The van der Waals surface area contributed by atoms with Gasteiger partial charge in [0.1, 0.15) is 5.69 Å². The number of anilines is 1. The molecule has 5 nitrogen and oxygen atoms in total. The average molecular weight is 450 g/mol. The minimum atomic E-state index is -4.51. The summed E-state index contributed by atoms with van der Waals surface area (Å²) in [5.41, 5.74) is -0.137. The Morgan fingerprint density at radius 2 is 1.78 bits per heavy atom. The quantitative estimate of drug-likeness (QED) is 0.435. The van der Waals surface area contributed by atoms with Crippen molar-refractivity contribution in [3.8, 4) is 0 Å². The van der Waals surface area contributed by atoms with Crippen LogP contribution in [0.3, 0.4) is 0 Å². The third-order valence-corrected chi connectivity index (χ3v) is 6.46. The number of aldehydes is 1. The number of hydrogen-bond donors (Lipinski definition) is 2. The number of hydrogen-bond acceptors (Lipinski definition) is 5. The van der Waals surface area contributed by atoms with E-state index in [1.807, 2.05) is 0 Å². The van der Waals surface area contributed by atoms with Gasteiger partial charge < -0.3 is 10.1 Å². The average Bonchev–Trinajstić information content (AvgIpc) is 2.79. The molecule has 32 heavy (non-hydrogen) atoms. The van der Waals surface area contributed by atoms with E-state index in [0.717, 1.165) is 57.3 Å². The monoisotopic (exact) mass is 449 g/mol. The minimum Gasteiger partial charge on any atom is -0.382 e. The van der Waals surface area contributed by atoms with Crippen molar-refractivity contribution in [2.45, 2.75) is 88.4 Å². The number of rotatable bonds is 7. The molecule has 2 aromatic rings. The zero-order valence-corrected chi connectivity index (χ0v) is 18.0. The highest BCUT2D eigenvalue weighted by Crippen LogP contribution is 2.34. The number of benzene rings is 1. The molecule has 2 saturated carbocycles. The SMILES string of the molecule is O=CC(N[C@@H]1CCC[C@H](Nc2cc(C(F)(F)F)nc3ccccc23)C1)OC1CCCCC1. The number of alkyl halides is 3. The fourth-order valence-corrected chi connectivity index (χ4v) is 4.88. The molecule has 174 valence electrons. The largest absolute Gasteiger partial charge is 0.433 e. The summed E-state index contributed by atoms with van der Waals surface area (Å²) in [5.74, 6) is 0. The molecule has 0 radical (unpaired) electrons. The summed E-state index contributed by atoms with van der Waals surface area (Å²) in [6.45, 7) is 0. The number of halogens is 3. The van der Waals surface area contributed by atoms with Crippen LogP contribution >= 0.6 is 0 Å². The number of carbonyl (C=O) groups is 1. The van der Waals surface area contributed by atoms with E-state index in [1.54, 1.807) is 24.3 Å². The van der Waals surface area contributed by atoms with Gasteiger partial charge in [-0.3, -0.25) is 10.1 Å². The molecule has 1 aromatic carbocycles. The molecule has 0 aliphatic heterocycles. The first-order valence-corrected chi connectivity index (χ1v) is 11.5. The van der Waals surface area contributed by atoms with Crippen LogP contribution in [-0.2, 0) is 15.7 Å². The molecule has 4 rings (SSSR count). The molecular formula is C24H30F3N3O2. The topological polar surface area (TPSA) is 63.2 Å². The maximum atomic E-state index is 13.4. The maximum Gasteiger partial charge on any atom is 0.433 e. The highest BCUT2D eigenvalue weighted by atomic mass is 19.4. The van der Waals surface area contributed by atoms with Crippen molar-refractivity contribution in [3.63, 3.8) is 0 Å². The van der Waals surface area contributed by atoms with Crippen LogP contribution in [0.2, 0.25) is 0 Å². The molecule has 0 spiro atoms. The Morgan fingerprint density at radius 1 is 1.03 bits per heavy atom. The number of fused-ring (bicyclic) bond motifs is 1. The number of nitrogens with one attached hydrogen (secondary N) is 2. The Labute approximate surface area is 186 Å². The molecular weight excluding hydrogens is 419 g/mol. The number of ether oxygens (including phenoxy) is 1. The lowest BCUT2D eigenvalue weighted by Gasteiger charge is -2.34. The number of nitrogens with zero attached hydrogens (tertiary/aromatic N) is 1. The Morgan fingerprint density at radius 3 is 2.53 bits per heavy atom. The van der Waals surface area contributed by atoms with Crippen molar-refractivity contribution in [1.82, 2.24) is 10.3 Å². The van der Waals surface area contributed by atoms with Gasteiger partial charge in [0.15, 0.2) is 12.5 Å². The van der Waals surface area contributed by atoms with E-state index in [0.29, 0.717) is 23.0 Å². The lowest BCUT2D eigenvalue weighted by Crippen LogP contribution is -2.47. The summed E-state index contributed by atoms with van der Waals surface area (Å²) in [6, 6.07) is 8.02. The van der Waals surface area contributed by atoms with Crippen LogP contribution in [0.5, 0.6) is 0 Å². The van der Waals surface area contributed by atoms with Crippen molar-refractivity contribution in [1.29, 1.82) is 0 Å². The zero-order chi connectivity index (χ0) is 22.6. The molecule has 1 unspecified atom stereocenters. The molecule has 2 aliphatic carbocycles. The Kier molecular flexibility index (Phi) is 7.30. The van der Waals surface area contributed by atoms with Crippen LogP contribution in [-0.4, -0.2) is 35.7 Å². The Bertz CT molecular complexity index is 915. The predicted molar refractivity (Wildman–Crippen MR) is 117 cm³/mol. The van der Waals surface area contributed by atoms with E-state index in [1.165, 1.54) is 6.42 Å². The molecule has 1 aromatic heterocycles. The van der Waals surface area contributed by atoms with Gasteiger partial charge in [-0.2, -0.15) is 13.2 Å². The van der Waals surface area contributed by atoms with Gasteiger partial charge in [0.05, 0.1) is 11.6 Å². The third-order valence-electron chi connectivity index (χ3n) is 6.46. The molecule has 0 saturated heterocycles. The molecule has 1 heterocycles. The van der Waals surface area contributed by atoms with E-state index in [-0.39, 0.29) is 18.2 Å². The Balaban J connectivity index is 1.43. The van der Waals surface area contributed by atoms with Crippen molar-refractivity contribution < 1.29 is 22.7 Å². The summed E-state index contributed by atoms with van der Waals surface area (Å²) >= 11 is 0. The molecule has 8 heteroatoms. The number of carbonyl (C=O) groups excluding carboxylic acids is 1. The van der Waals surface area contributed by atoms with Gasteiger partial charge in [0.2, 0.25) is 0 Å². The first-order valence-electron chi connectivity index (χ1n) is 11.5. The molecule has 2 N–H and O–H groups in total. The van der Waals surface area contributed by atoms with Gasteiger partial charge in [-0.05, 0) is 50.7 Å². The van der Waals surface area contributed by atoms with E-state index >= 15 is 0 Å². The predicted octanol–water partition coefficient (Wildman–Crippen LogP) is 5.44. The maximum absolute atomic E-state index is 13.4. The number of aromatic nitrogens is 1. The summed E-state index contributed by atoms with van der Waals surface area (Å²) in [5, 5.41) is 7.32. The molecule has 0 bridgehead atoms. The van der Waals surface area contributed by atoms with Gasteiger partial charge in [0, 0.05) is 23.2 Å². The highest BCUT2D eigenvalue weighted by Gasteiger charge is 2.34. The van der Waals surface area contributed by atoms with Crippen LogP contribution in [0.15, 0.2) is 30.3 Å². The van der Waals surface area contributed by atoms with Crippen molar-refractivity contribution in [3.05, 3.63) is 36.0 Å². The number of pyridine rings is 1. The lowest BCUT2D eigenvalue weighted by molar-refractivity contribution is -0.140. The van der Waals surface area contributed by atoms with Crippen LogP contribution in [0, 0.1) is 0 Å². The van der Waals surface area contributed by atoms with Crippen molar-refractivity contribution in [2.24, 2.45) is 0 Å². The van der Waals surface area contributed by atoms with E-state index in [4.69, 9.17) is 4.74 Å². The van der Waals surface area contributed by atoms with Crippen LogP contribution in [0.1, 0.15) is 63.5 Å². The number of para-hydroxylation sites is 1. The van der Waals surface area contributed by atoms with Crippen LogP contribution in [0.4, 0.5) is 18.9 Å². The normalized spacial score (nSPS) is 23.7. The molecule has 2 aliphatic rings. The molecule has 2 fully saturated rings. The van der Waals surface area contributed by atoms with E-state index in [2.05, 4.69) is 15.6 Å². The first kappa shape index (κ1) is 23.0. The third kappa shape index (κ3) is 5.78. The van der Waals surface area contributed by atoms with Crippen molar-refractivity contribution in [2.75, 3.05) is 5.32 Å². The molecule has 3 atom stereocenters. The summed E-state index contributed by atoms with van der Waals surface area (Å²) in [4.78, 5) is 15.4. The van der Waals surface area contributed by atoms with E-state index in [9.17, 15) is 18.0 Å². The fourth-order valence-electron chi connectivity index (χ4n) is 4.88. The smallest absolute Gasteiger partial charge is 0.382 e. The Hall–Kier alpha value is -2.19. The first-order chi connectivity index (χ1) is 15.4. The summed E-state index contributed by atoms with van der Waals surface area (Å²) in [6.07, 6.45) is 4.61. The second kappa shape index (κ2) is 10.2. The van der Waals surface area contributed by atoms with Gasteiger partial charge in [0.25, 0.3) is 0 Å². The minimum absolute atomic E-state index is 0.00452. The standard InChI is InChI=1S/C24H30F3N3O2/c25-24(26,27)22-14-21(19-11-4-5-12-20(19)30-22)28-16-7-6-8-17(13-16)29-23(15-31)32-18-9-2-1-3-10-18/h4-5,11-12,14-18,23,29H,1-3,6-10,13H2,(H,28,30)/t16-,17+,23?/m0/s1. The fraction of sp³-hybridized carbons (Fsp3) is 0.583. The lowest BCUT2D eigenvalue weighted by atomic mass is 9.90. The second-order valence-corrected chi connectivity index (χ2v) is 8.89. The van der Waals surface area contributed by atoms with Crippen LogP contribution in [0.25, 0.3) is 10.9 Å². The second-order valence-electron chi connectivity index (χ2n) is 8.89. The van der Waals surface area contributed by atoms with Gasteiger partial charge in [-0.1, -0.05) is 37.5 Å². The van der Waals surface area contributed by atoms with Gasteiger partial charge in [-0.15, -0.1) is 0 Å². The van der Waals surface area contributed by atoms with Gasteiger partial charge in [-0.25, -0.2) is 4.98 Å². The summed E-state index contributed by atoms with van der Waals surface area (Å²) in [7, 11) is 0. The van der Waals surface area contributed by atoms with Gasteiger partial charge >= 0.3 is 6.18 Å². The molecule has 0 amide bonds. The zero-order valence-electron chi connectivity index (χ0n) is 18.0. The highest BCUT2D eigenvalue weighted by molar-refractivity contribution is 5.91. The van der Waals surface area contributed by atoms with Crippen molar-refractivity contribution >= 4 is 22.9 Å². The van der Waals surface area contributed by atoms with Crippen LogP contribution < -0.4 is 10.6 Å². The van der Waals surface area contributed by atoms with E-state index < -0.39 is 18.1 Å².